The Hall–Kier alpha value is -1.93. The monoisotopic (exact) mass is 195 g/mol. The van der Waals surface area contributed by atoms with Gasteiger partial charge in [0.15, 0.2) is 0 Å². The van der Waals surface area contributed by atoms with Crippen LogP contribution in [0, 0.1) is 37.0 Å². The summed E-state index contributed by atoms with van der Waals surface area (Å²) in [6, 6.07) is 0. The van der Waals surface area contributed by atoms with Gasteiger partial charge in [0.1, 0.15) is 13.0 Å². The van der Waals surface area contributed by atoms with E-state index in [-0.39, 0.29) is 13.0 Å². The Bertz CT molecular complexity index is 226. The summed E-state index contributed by atoms with van der Waals surface area (Å²) in [5.41, 5.74) is 4.79. The predicted molar refractivity (Wildman–Crippen MR) is 54.9 cm³/mol. The minimum absolute atomic E-state index is 0.153. The molecule has 0 spiro atoms. The van der Waals surface area contributed by atoms with E-state index in [4.69, 9.17) is 15.9 Å². The molecule has 0 heterocycles. The lowest BCUT2D eigenvalue weighted by molar-refractivity contribution is -0.135. The quantitative estimate of drug-likeness (QED) is 0.482. The Kier molecular flexibility index (Phi) is 28.8. The van der Waals surface area contributed by atoms with Gasteiger partial charge in [0.05, 0.1) is 6.54 Å². The van der Waals surface area contributed by atoms with Gasteiger partial charge in [-0.15, -0.1) is 19.3 Å². The molecule has 0 fully saturated rings. The molecule has 0 aromatic carbocycles. The van der Waals surface area contributed by atoms with Gasteiger partial charge < -0.3 is 15.9 Å². The van der Waals surface area contributed by atoms with Gasteiger partial charge in [-0.05, 0) is 0 Å². The molecule has 4 N–H and O–H groups in total. The highest BCUT2D eigenvalue weighted by molar-refractivity contribution is 5.69. The molecule has 0 radical (unpaired) electrons. The second-order valence-electron chi connectivity index (χ2n) is 1.55. The summed E-state index contributed by atoms with van der Waals surface area (Å²) in [5, 5.41) is 15.4. The van der Waals surface area contributed by atoms with Gasteiger partial charge in [-0.3, -0.25) is 4.79 Å². The summed E-state index contributed by atoms with van der Waals surface area (Å²) in [7, 11) is 0. The number of terminal acetylenes is 3. The number of hydrogen-bond donors (Lipinski definition) is 3. The maximum Gasteiger partial charge on any atom is 0.315 e. The zero-order chi connectivity index (χ0) is 11.8. The average molecular weight is 195 g/mol. The van der Waals surface area contributed by atoms with Gasteiger partial charge in [0.25, 0.3) is 0 Å². The summed E-state index contributed by atoms with van der Waals surface area (Å²) in [5.74, 6) is 5.22. The van der Waals surface area contributed by atoms with E-state index in [1.54, 1.807) is 0 Å². The number of rotatable bonds is 1. The Balaban J connectivity index is -0.000000135. The van der Waals surface area contributed by atoms with E-state index in [0.29, 0.717) is 6.54 Å². The van der Waals surface area contributed by atoms with Crippen LogP contribution in [0.2, 0.25) is 0 Å². The SMILES string of the molecule is C#CCC(=O)O.C#CCN.C#CCO. The van der Waals surface area contributed by atoms with E-state index < -0.39 is 5.97 Å². The molecular weight excluding hydrogens is 182 g/mol. The van der Waals surface area contributed by atoms with Crippen LogP contribution in [-0.4, -0.2) is 29.3 Å². The Morgan fingerprint density at radius 2 is 1.57 bits per heavy atom. The van der Waals surface area contributed by atoms with Crippen molar-refractivity contribution in [2.75, 3.05) is 13.2 Å². The standard InChI is InChI=1S/C4H4O2.C3H5N.C3H4O/c1-2-3-4(5)6;2*1-2-3-4/h1H,3H2,(H,5,6);1H,3-4H2;1,4H,3H2. The summed E-state index contributed by atoms with van der Waals surface area (Å²) < 4.78 is 0. The number of nitrogens with two attached hydrogens (primary N) is 1. The highest BCUT2D eigenvalue weighted by Gasteiger charge is 1.84. The second-order valence-corrected chi connectivity index (χ2v) is 1.55. The van der Waals surface area contributed by atoms with Crippen molar-refractivity contribution in [1.29, 1.82) is 0 Å². The molecule has 76 valence electrons. The summed E-state index contributed by atoms with van der Waals surface area (Å²) in [6.45, 7) is 0.194. The molecule has 0 unspecified atom stereocenters. The number of carbonyl (C=O) groups is 1. The molecule has 0 atom stereocenters. The van der Waals surface area contributed by atoms with Gasteiger partial charge >= 0.3 is 5.97 Å². The zero-order valence-electron chi connectivity index (χ0n) is 7.73. The van der Waals surface area contributed by atoms with Crippen LogP contribution in [0.1, 0.15) is 6.42 Å². The zero-order valence-corrected chi connectivity index (χ0v) is 7.73. The minimum atomic E-state index is -0.947. The molecule has 0 aliphatic rings. The van der Waals surface area contributed by atoms with Gasteiger partial charge in [0.2, 0.25) is 0 Å². The smallest absolute Gasteiger partial charge is 0.315 e. The number of aliphatic hydroxyl groups is 1. The summed E-state index contributed by atoms with van der Waals surface area (Å²) in [6.07, 6.45) is 13.6. The van der Waals surface area contributed by atoms with Gasteiger partial charge in [-0.1, -0.05) is 17.8 Å². The third-order valence-electron chi connectivity index (χ3n) is 0.462. The van der Waals surface area contributed by atoms with E-state index >= 15 is 0 Å². The molecule has 0 rings (SSSR count). The normalized spacial score (nSPS) is 5.64. The fraction of sp³-hybridized carbons (Fsp3) is 0.300. The van der Waals surface area contributed by atoms with Crippen LogP contribution in [-0.2, 0) is 4.79 Å². The van der Waals surface area contributed by atoms with Crippen LogP contribution >= 0.6 is 0 Å². The van der Waals surface area contributed by atoms with Crippen molar-refractivity contribution in [3.63, 3.8) is 0 Å². The minimum Gasteiger partial charge on any atom is -0.481 e. The highest BCUT2D eigenvalue weighted by atomic mass is 16.4. The van der Waals surface area contributed by atoms with E-state index in [9.17, 15) is 4.79 Å². The van der Waals surface area contributed by atoms with Crippen molar-refractivity contribution < 1.29 is 15.0 Å². The van der Waals surface area contributed by atoms with Gasteiger partial charge in [-0.2, -0.15) is 0 Å². The van der Waals surface area contributed by atoms with E-state index in [0.717, 1.165) is 0 Å². The molecular formula is C10H13NO3. The molecule has 4 nitrogen and oxygen atoms in total. The lowest BCUT2D eigenvalue weighted by Gasteiger charge is -1.72. The molecule has 0 bridgehead atoms. The number of carboxylic acids is 1. The Labute approximate surface area is 84.1 Å². The molecule has 0 aliphatic heterocycles. The van der Waals surface area contributed by atoms with Gasteiger partial charge in [0, 0.05) is 0 Å². The van der Waals surface area contributed by atoms with Crippen LogP contribution in [0.15, 0.2) is 0 Å². The second kappa shape index (κ2) is 22.5. The molecule has 0 aromatic heterocycles. The third-order valence-corrected chi connectivity index (χ3v) is 0.462. The van der Waals surface area contributed by atoms with Crippen LogP contribution < -0.4 is 5.73 Å². The molecule has 4 heteroatoms. The lowest BCUT2D eigenvalue weighted by atomic mass is 10.5. The van der Waals surface area contributed by atoms with Crippen LogP contribution in [0.3, 0.4) is 0 Å². The van der Waals surface area contributed by atoms with Crippen molar-refractivity contribution in [3.8, 4) is 37.0 Å². The van der Waals surface area contributed by atoms with Crippen molar-refractivity contribution >= 4 is 5.97 Å². The average Bonchev–Trinajstić information content (AvgIpc) is 2.18. The maximum atomic E-state index is 9.46. The van der Waals surface area contributed by atoms with Crippen LogP contribution in [0.25, 0.3) is 0 Å². The topological polar surface area (TPSA) is 83.5 Å². The van der Waals surface area contributed by atoms with Crippen molar-refractivity contribution in [2.24, 2.45) is 5.73 Å². The largest absolute Gasteiger partial charge is 0.481 e. The Morgan fingerprint density at radius 1 is 1.21 bits per heavy atom. The van der Waals surface area contributed by atoms with Crippen molar-refractivity contribution in [1.82, 2.24) is 0 Å². The highest BCUT2D eigenvalue weighted by Crippen LogP contribution is 1.68. The van der Waals surface area contributed by atoms with Crippen molar-refractivity contribution in [2.45, 2.75) is 6.42 Å². The fourth-order valence-electron chi connectivity index (χ4n) is 0.0873. The van der Waals surface area contributed by atoms with E-state index in [1.807, 2.05) is 11.8 Å². The summed E-state index contributed by atoms with van der Waals surface area (Å²) >= 11 is 0. The molecule has 0 aromatic rings. The Morgan fingerprint density at radius 3 is 1.57 bits per heavy atom. The molecule has 0 saturated carbocycles. The third kappa shape index (κ3) is 87.9. The predicted octanol–water partition coefficient (Wildman–Crippen LogP) is -0.715. The first kappa shape index (κ1) is 18.0. The first-order chi connectivity index (χ1) is 6.60. The number of aliphatic hydroxyl groups excluding tert-OH is 1. The molecule has 0 amide bonds. The lowest BCUT2D eigenvalue weighted by Crippen LogP contribution is -1.91. The first-order valence-electron chi connectivity index (χ1n) is 3.43. The number of carboxylic acid groups (broad SMARTS) is 1. The maximum absolute atomic E-state index is 9.46. The van der Waals surface area contributed by atoms with Crippen LogP contribution in [0.4, 0.5) is 0 Å². The van der Waals surface area contributed by atoms with Gasteiger partial charge in [-0.25, -0.2) is 0 Å². The molecule has 14 heavy (non-hydrogen) atoms. The van der Waals surface area contributed by atoms with E-state index in [1.165, 1.54) is 0 Å². The number of hydrogen-bond acceptors (Lipinski definition) is 3. The molecule has 0 aliphatic carbocycles. The van der Waals surface area contributed by atoms with Crippen LogP contribution in [0.5, 0.6) is 0 Å². The number of aliphatic carboxylic acids is 1. The fourth-order valence-corrected chi connectivity index (χ4v) is 0.0873. The summed E-state index contributed by atoms with van der Waals surface area (Å²) in [4.78, 5) is 9.46. The van der Waals surface area contributed by atoms with E-state index in [2.05, 4.69) is 25.2 Å². The van der Waals surface area contributed by atoms with Crippen molar-refractivity contribution in [3.05, 3.63) is 0 Å². The molecule has 0 saturated heterocycles. The first-order valence-corrected chi connectivity index (χ1v) is 3.43.